The molecule has 5 heteroatoms. The summed E-state index contributed by atoms with van der Waals surface area (Å²) in [4.78, 5) is 13.8. The number of nitrogens with zero attached hydrogens (tertiary/aromatic N) is 1. The summed E-state index contributed by atoms with van der Waals surface area (Å²) in [6.45, 7) is 6.94. The first-order valence-corrected chi connectivity index (χ1v) is 8.02. The summed E-state index contributed by atoms with van der Waals surface area (Å²) < 4.78 is 11.1. The van der Waals surface area contributed by atoms with Gasteiger partial charge in [0.05, 0.1) is 13.1 Å². The standard InChI is InChI=1S/C16H30N2O3/c1-15(2,3)21-14(19)18-10-16(11-18,20-4)9-12-5-7-13(17)8-6-12/h12-13H,5-11,17H2,1-4H3. The van der Waals surface area contributed by atoms with Crippen LogP contribution in [0.5, 0.6) is 0 Å². The molecule has 21 heavy (non-hydrogen) atoms. The number of hydrogen-bond acceptors (Lipinski definition) is 4. The van der Waals surface area contributed by atoms with Crippen molar-refractivity contribution in [3.8, 4) is 0 Å². The number of hydrogen-bond donors (Lipinski definition) is 1. The second-order valence-electron chi connectivity index (χ2n) is 7.71. The Hall–Kier alpha value is -0.810. The Kier molecular flexibility index (Phi) is 4.83. The van der Waals surface area contributed by atoms with Crippen molar-refractivity contribution in [2.24, 2.45) is 11.7 Å². The molecule has 0 unspecified atom stereocenters. The van der Waals surface area contributed by atoms with Crippen molar-refractivity contribution in [1.29, 1.82) is 0 Å². The molecule has 0 atom stereocenters. The van der Waals surface area contributed by atoms with Gasteiger partial charge in [0.1, 0.15) is 11.2 Å². The zero-order valence-corrected chi connectivity index (χ0v) is 13.9. The molecule has 1 aliphatic heterocycles. The molecule has 1 heterocycles. The number of methoxy groups -OCH3 is 1. The van der Waals surface area contributed by atoms with E-state index in [1.165, 1.54) is 12.8 Å². The Balaban J connectivity index is 1.82. The van der Waals surface area contributed by atoms with E-state index < -0.39 is 5.60 Å². The molecule has 5 nitrogen and oxygen atoms in total. The third kappa shape index (κ3) is 4.33. The third-order valence-corrected chi connectivity index (χ3v) is 4.59. The highest BCUT2D eigenvalue weighted by molar-refractivity contribution is 5.69. The maximum atomic E-state index is 12.0. The molecule has 0 radical (unpaired) electrons. The van der Waals surface area contributed by atoms with E-state index in [4.69, 9.17) is 15.2 Å². The summed E-state index contributed by atoms with van der Waals surface area (Å²) in [6, 6.07) is 0.374. The highest BCUT2D eigenvalue weighted by Crippen LogP contribution is 2.37. The summed E-state index contributed by atoms with van der Waals surface area (Å²) in [5.74, 6) is 0.672. The predicted octanol–water partition coefficient (Wildman–Crippen LogP) is 2.53. The molecule has 1 saturated carbocycles. The lowest BCUT2D eigenvalue weighted by molar-refractivity contribution is -0.134. The van der Waals surface area contributed by atoms with Crippen LogP contribution in [0, 0.1) is 5.92 Å². The van der Waals surface area contributed by atoms with E-state index in [9.17, 15) is 4.79 Å². The van der Waals surface area contributed by atoms with Crippen LogP contribution >= 0.6 is 0 Å². The van der Waals surface area contributed by atoms with Gasteiger partial charge < -0.3 is 20.1 Å². The number of rotatable bonds is 3. The molecule has 1 saturated heterocycles. The zero-order chi connectivity index (χ0) is 15.7. The van der Waals surface area contributed by atoms with Crippen molar-refractivity contribution >= 4 is 6.09 Å². The van der Waals surface area contributed by atoms with Crippen LogP contribution in [0.1, 0.15) is 52.9 Å². The van der Waals surface area contributed by atoms with Gasteiger partial charge >= 0.3 is 6.09 Å². The molecule has 122 valence electrons. The molecule has 1 amide bonds. The Morgan fingerprint density at radius 3 is 2.29 bits per heavy atom. The van der Waals surface area contributed by atoms with E-state index in [0.717, 1.165) is 19.3 Å². The molecule has 0 bridgehead atoms. The fourth-order valence-corrected chi connectivity index (χ4v) is 3.36. The number of amides is 1. The number of nitrogens with two attached hydrogens (primary N) is 1. The summed E-state index contributed by atoms with van der Waals surface area (Å²) in [5, 5.41) is 0. The second-order valence-corrected chi connectivity index (χ2v) is 7.71. The molecule has 0 aromatic rings. The summed E-state index contributed by atoms with van der Waals surface area (Å²) in [5.41, 5.74) is 5.34. The maximum Gasteiger partial charge on any atom is 0.410 e. The van der Waals surface area contributed by atoms with E-state index in [-0.39, 0.29) is 11.7 Å². The summed E-state index contributed by atoms with van der Waals surface area (Å²) in [6.07, 6.45) is 5.37. The first kappa shape index (κ1) is 16.6. The van der Waals surface area contributed by atoms with Gasteiger partial charge in [0.2, 0.25) is 0 Å². The van der Waals surface area contributed by atoms with E-state index >= 15 is 0 Å². The second kappa shape index (κ2) is 6.13. The third-order valence-electron chi connectivity index (χ3n) is 4.59. The summed E-state index contributed by atoms with van der Waals surface area (Å²) >= 11 is 0. The van der Waals surface area contributed by atoms with Gasteiger partial charge in [-0.3, -0.25) is 0 Å². The zero-order valence-electron chi connectivity index (χ0n) is 13.9. The highest BCUT2D eigenvalue weighted by Gasteiger charge is 2.48. The number of likely N-dealkylation sites (tertiary alicyclic amines) is 1. The average molecular weight is 298 g/mol. The van der Waals surface area contributed by atoms with Crippen LogP contribution in [0.3, 0.4) is 0 Å². The molecule has 2 fully saturated rings. The van der Waals surface area contributed by atoms with Crippen molar-refractivity contribution in [2.75, 3.05) is 20.2 Å². The van der Waals surface area contributed by atoms with Gasteiger partial charge in [0.25, 0.3) is 0 Å². The van der Waals surface area contributed by atoms with E-state index in [2.05, 4.69) is 0 Å². The quantitative estimate of drug-likeness (QED) is 0.869. The fourth-order valence-electron chi connectivity index (χ4n) is 3.36. The Morgan fingerprint density at radius 2 is 1.81 bits per heavy atom. The minimum atomic E-state index is -0.443. The van der Waals surface area contributed by atoms with E-state index in [0.29, 0.717) is 25.0 Å². The molecule has 2 rings (SSSR count). The average Bonchev–Trinajstić information content (AvgIpc) is 2.33. The van der Waals surface area contributed by atoms with Crippen molar-refractivity contribution in [3.63, 3.8) is 0 Å². The van der Waals surface area contributed by atoms with Gasteiger partial charge in [0, 0.05) is 13.2 Å². The van der Waals surface area contributed by atoms with Crippen LogP contribution in [0.15, 0.2) is 0 Å². The molecular weight excluding hydrogens is 268 g/mol. The SMILES string of the molecule is COC1(CC2CCC(N)CC2)CN(C(=O)OC(C)(C)C)C1. The lowest BCUT2D eigenvalue weighted by atomic mass is 9.76. The number of carbonyl (C=O) groups excluding carboxylic acids is 1. The van der Waals surface area contributed by atoms with Crippen molar-refractivity contribution in [3.05, 3.63) is 0 Å². The fraction of sp³-hybridized carbons (Fsp3) is 0.938. The maximum absolute atomic E-state index is 12.0. The van der Waals surface area contributed by atoms with Gasteiger partial charge in [-0.25, -0.2) is 4.79 Å². The normalized spacial score (nSPS) is 28.9. The number of ether oxygens (including phenoxy) is 2. The van der Waals surface area contributed by atoms with Crippen molar-refractivity contribution < 1.29 is 14.3 Å². The van der Waals surface area contributed by atoms with Crippen LogP contribution < -0.4 is 5.73 Å². The minimum Gasteiger partial charge on any atom is -0.444 e. The van der Waals surface area contributed by atoms with Crippen LogP contribution in [0.25, 0.3) is 0 Å². The van der Waals surface area contributed by atoms with Gasteiger partial charge in [-0.1, -0.05) is 0 Å². The van der Waals surface area contributed by atoms with Crippen LogP contribution in [0.2, 0.25) is 0 Å². The number of carbonyl (C=O) groups is 1. The van der Waals surface area contributed by atoms with Gasteiger partial charge in [0.15, 0.2) is 0 Å². The van der Waals surface area contributed by atoms with Gasteiger partial charge in [-0.05, 0) is 58.8 Å². The Morgan fingerprint density at radius 1 is 1.24 bits per heavy atom. The smallest absolute Gasteiger partial charge is 0.410 e. The van der Waals surface area contributed by atoms with Crippen molar-refractivity contribution in [2.45, 2.75) is 70.1 Å². The predicted molar refractivity (Wildman–Crippen MR) is 82.1 cm³/mol. The molecule has 2 aliphatic rings. The van der Waals surface area contributed by atoms with Crippen LogP contribution in [-0.2, 0) is 9.47 Å². The van der Waals surface area contributed by atoms with Crippen molar-refractivity contribution in [1.82, 2.24) is 4.90 Å². The van der Waals surface area contributed by atoms with E-state index in [1.807, 2.05) is 20.8 Å². The molecule has 0 aromatic carbocycles. The molecule has 0 aromatic heterocycles. The monoisotopic (exact) mass is 298 g/mol. The Bertz CT molecular complexity index is 364. The molecular formula is C16H30N2O3. The van der Waals surface area contributed by atoms with Crippen LogP contribution in [-0.4, -0.2) is 48.4 Å². The topological polar surface area (TPSA) is 64.8 Å². The largest absolute Gasteiger partial charge is 0.444 e. The van der Waals surface area contributed by atoms with Crippen LogP contribution in [0.4, 0.5) is 4.79 Å². The lowest BCUT2D eigenvalue weighted by Gasteiger charge is -2.50. The minimum absolute atomic E-state index is 0.178. The first-order valence-electron chi connectivity index (χ1n) is 8.02. The summed E-state index contributed by atoms with van der Waals surface area (Å²) in [7, 11) is 1.75. The first-order chi connectivity index (χ1) is 9.73. The Labute approximate surface area is 128 Å². The lowest BCUT2D eigenvalue weighted by Crippen LogP contribution is -2.65. The van der Waals surface area contributed by atoms with Gasteiger partial charge in [-0.2, -0.15) is 0 Å². The molecule has 0 spiro atoms. The van der Waals surface area contributed by atoms with E-state index in [1.54, 1.807) is 12.0 Å². The molecule has 2 N–H and O–H groups in total. The highest BCUT2D eigenvalue weighted by atomic mass is 16.6. The van der Waals surface area contributed by atoms with Gasteiger partial charge in [-0.15, -0.1) is 0 Å². The molecule has 1 aliphatic carbocycles.